The van der Waals surface area contributed by atoms with Crippen LogP contribution >= 0.6 is 24.0 Å². The molecule has 9 heteroatoms. The third-order valence-corrected chi connectivity index (χ3v) is 7.72. The van der Waals surface area contributed by atoms with Crippen molar-refractivity contribution in [2.75, 3.05) is 10.6 Å². The minimum atomic E-state index is -0.448. The highest BCUT2D eigenvalue weighted by molar-refractivity contribution is 8.15. The zero-order chi connectivity index (χ0) is 23.4. The Morgan fingerprint density at radius 1 is 1.12 bits per heavy atom. The molecule has 0 spiro atoms. The largest absolute Gasteiger partial charge is 0.384 e. The molecule has 0 saturated heterocycles. The summed E-state index contributed by atoms with van der Waals surface area (Å²) in [6, 6.07) is 15.8. The number of allylic oxidation sites excluding steroid dienone is 1. The zero-order valence-electron chi connectivity index (χ0n) is 18.1. The standard InChI is InChI=1S/C25H20FN5OS2/c26-16-11-9-15(10-12-16)20-19-17(7-4-8-18(19)32)28-25-31(20)23-21(34-25)22(27)30(24(33)29-23)13-14-5-2-1-3-6-14/h1-3,5-6,9-12,20H,4,7-8,13,27H2. The first-order valence-electron chi connectivity index (χ1n) is 11.0. The summed E-state index contributed by atoms with van der Waals surface area (Å²) in [5.41, 5.74) is 9.96. The lowest BCUT2D eigenvalue weighted by Gasteiger charge is -2.36. The number of ketones is 1. The first kappa shape index (κ1) is 21.2. The van der Waals surface area contributed by atoms with Crippen molar-refractivity contribution in [3.63, 3.8) is 0 Å². The third kappa shape index (κ3) is 3.38. The van der Waals surface area contributed by atoms with Crippen LogP contribution in [0.5, 0.6) is 0 Å². The van der Waals surface area contributed by atoms with Gasteiger partial charge in [0.25, 0.3) is 0 Å². The summed E-state index contributed by atoms with van der Waals surface area (Å²) < 4.78 is 15.9. The fourth-order valence-corrected chi connectivity index (χ4v) is 6.07. The molecule has 3 aliphatic rings. The van der Waals surface area contributed by atoms with E-state index in [1.807, 2.05) is 39.8 Å². The predicted octanol–water partition coefficient (Wildman–Crippen LogP) is 5.41. The van der Waals surface area contributed by atoms with E-state index in [0.29, 0.717) is 40.1 Å². The van der Waals surface area contributed by atoms with Gasteiger partial charge >= 0.3 is 0 Å². The summed E-state index contributed by atoms with van der Waals surface area (Å²) in [5, 5.41) is 0.712. The van der Waals surface area contributed by atoms with Crippen LogP contribution in [0.2, 0.25) is 0 Å². The fraction of sp³-hybridized carbons (Fsp3) is 0.200. The smallest absolute Gasteiger partial charge is 0.203 e. The normalized spacial score (nSPS) is 19.0. The van der Waals surface area contributed by atoms with E-state index in [1.54, 1.807) is 12.1 Å². The van der Waals surface area contributed by atoms with E-state index in [2.05, 4.69) is 0 Å². The quantitative estimate of drug-likeness (QED) is 0.496. The molecule has 0 saturated carbocycles. The number of thioether (sulfide) groups is 1. The molecule has 6 rings (SSSR count). The lowest BCUT2D eigenvalue weighted by Crippen LogP contribution is -2.38. The first-order valence-corrected chi connectivity index (χ1v) is 12.3. The molecule has 0 bridgehead atoms. The molecule has 0 radical (unpaired) electrons. The molecular formula is C25H20FN5OS2. The van der Waals surface area contributed by atoms with Gasteiger partial charge in [0.05, 0.1) is 23.2 Å². The highest BCUT2D eigenvalue weighted by atomic mass is 32.2. The highest BCUT2D eigenvalue weighted by Crippen LogP contribution is 2.52. The third-order valence-electron chi connectivity index (χ3n) is 6.35. The minimum absolute atomic E-state index is 0.0680. The number of nitrogens with zero attached hydrogens (tertiary/aromatic N) is 4. The molecule has 6 nitrogen and oxygen atoms in total. The second-order valence-corrected chi connectivity index (χ2v) is 9.80. The number of hydrogen-bond acceptors (Lipinski definition) is 7. The van der Waals surface area contributed by atoms with Crippen molar-refractivity contribution >= 4 is 46.6 Å². The molecule has 0 fully saturated rings. The average Bonchev–Trinajstić information content (AvgIpc) is 3.20. The Labute approximate surface area is 205 Å². The molecule has 0 amide bonds. The molecule has 1 unspecified atom stereocenters. The predicted molar refractivity (Wildman–Crippen MR) is 134 cm³/mol. The van der Waals surface area contributed by atoms with Crippen LogP contribution in [0.3, 0.4) is 0 Å². The highest BCUT2D eigenvalue weighted by Gasteiger charge is 2.44. The molecule has 170 valence electrons. The van der Waals surface area contributed by atoms with Crippen molar-refractivity contribution in [1.29, 1.82) is 0 Å². The van der Waals surface area contributed by atoms with Gasteiger partial charge in [0.1, 0.15) is 11.6 Å². The molecule has 2 aliphatic heterocycles. The van der Waals surface area contributed by atoms with Crippen molar-refractivity contribution in [2.24, 2.45) is 4.99 Å². The van der Waals surface area contributed by atoms with Gasteiger partial charge in [-0.2, -0.15) is 0 Å². The number of hydrogen-bond donors (Lipinski definition) is 1. The summed E-state index contributed by atoms with van der Waals surface area (Å²) >= 11 is 7.09. The number of carbonyl (C=O) groups is 1. The Balaban J connectivity index is 1.51. The SMILES string of the molecule is Nc1c2c(nc(=S)n1Cc1ccccc1)N1C(=NC3=C(C(=O)CCC3)C1c1ccc(F)cc1)S2. The summed E-state index contributed by atoms with van der Waals surface area (Å²) in [6.07, 6.45) is 1.98. The number of nitrogen functional groups attached to an aromatic ring is 1. The Hall–Kier alpha value is -3.30. The van der Waals surface area contributed by atoms with E-state index in [-0.39, 0.29) is 11.6 Å². The van der Waals surface area contributed by atoms with Crippen molar-refractivity contribution in [1.82, 2.24) is 9.55 Å². The van der Waals surface area contributed by atoms with Gasteiger partial charge in [0.15, 0.2) is 16.8 Å². The Morgan fingerprint density at radius 2 is 1.88 bits per heavy atom. The summed E-state index contributed by atoms with van der Waals surface area (Å²) in [4.78, 5) is 25.4. The van der Waals surface area contributed by atoms with Gasteiger partial charge in [-0.1, -0.05) is 42.5 Å². The van der Waals surface area contributed by atoms with Crippen LogP contribution in [0, 0.1) is 10.6 Å². The molecule has 1 atom stereocenters. The molecule has 2 N–H and O–H groups in total. The topological polar surface area (TPSA) is 76.5 Å². The number of Topliss-reactive ketones (excluding diaryl/α,β-unsaturated/α-hetero) is 1. The Bertz CT molecular complexity index is 1450. The van der Waals surface area contributed by atoms with E-state index in [4.69, 9.17) is 27.9 Å². The number of aromatic nitrogens is 2. The van der Waals surface area contributed by atoms with Gasteiger partial charge < -0.3 is 5.73 Å². The lowest BCUT2D eigenvalue weighted by molar-refractivity contribution is -0.116. The van der Waals surface area contributed by atoms with E-state index in [0.717, 1.165) is 34.6 Å². The molecule has 2 aromatic carbocycles. The van der Waals surface area contributed by atoms with Crippen LogP contribution in [0.25, 0.3) is 0 Å². The monoisotopic (exact) mass is 489 g/mol. The van der Waals surface area contributed by atoms with Gasteiger partial charge in [-0.15, -0.1) is 0 Å². The molecule has 3 heterocycles. The number of carbonyl (C=O) groups excluding carboxylic acids is 1. The minimum Gasteiger partial charge on any atom is -0.384 e. The van der Waals surface area contributed by atoms with Crippen LogP contribution in [-0.2, 0) is 11.3 Å². The molecule has 3 aromatic rings. The van der Waals surface area contributed by atoms with Gasteiger partial charge in [0, 0.05) is 12.0 Å². The number of nitrogens with two attached hydrogens (primary N) is 1. The van der Waals surface area contributed by atoms with Crippen molar-refractivity contribution in [2.45, 2.75) is 36.7 Å². The van der Waals surface area contributed by atoms with Gasteiger partial charge in [-0.05, 0) is 60.1 Å². The van der Waals surface area contributed by atoms with Gasteiger partial charge in [-0.3, -0.25) is 14.3 Å². The van der Waals surface area contributed by atoms with Gasteiger partial charge in [0.2, 0.25) is 4.77 Å². The number of halogens is 1. The zero-order valence-corrected chi connectivity index (χ0v) is 19.7. The summed E-state index contributed by atoms with van der Waals surface area (Å²) in [6.45, 7) is 0.507. The van der Waals surface area contributed by atoms with E-state index >= 15 is 0 Å². The maximum Gasteiger partial charge on any atom is 0.203 e. The van der Waals surface area contributed by atoms with E-state index in [1.165, 1.54) is 23.9 Å². The molecule has 34 heavy (non-hydrogen) atoms. The van der Waals surface area contributed by atoms with E-state index in [9.17, 15) is 9.18 Å². The van der Waals surface area contributed by atoms with Crippen molar-refractivity contribution in [3.05, 3.63) is 87.6 Å². The van der Waals surface area contributed by atoms with Crippen LogP contribution < -0.4 is 10.6 Å². The van der Waals surface area contributed by atoms with Crippen molar-refractivity contribution < 1.29 is 9.18 Å². The van der Waals surface area contributed by atoms with Crippen molar-refractivity contribution in [3.8, 4) is 0 Å². The number of rotatable bonds is 3. The molecule has 1 aliphatic carbocycles. The second-order valence-electron chi connectivity index (χ2n) is 8.46. The maximum absolute atomic E-state index is 13.7. The Kier molecular flexibility index (Phi) is 5.11. The summed E-state index contributed by atoms with van der Waals surface area (Å²) in [7, 11) is 0. The number of fused-ring (bicyclic) bond motifs is 3. The number of anilines is 2. The molecular weight excluding hydrogens is 469 g/mol. The van der Waals surface area contributed by atoms with Crippen LogP contribution in [0.1, 0.15) is 36.4 Å². The van der Waals surface area contributed by atoms with Crippen LogP contribution in [0.15, 0.2) is 75.8 Å². The number of benzene rings is 2. The summed E-state index contributed by atoms with van der Waals surface area (Å²) in [5.74, 6) is 0.849. The number of aliphatic imine (C=N–C) groups is 1. The first-order chi connectivity index (χ1) is 16.5. The second kappa shape index (κ2) is 8.18. The van der Waals surface area contributed by atoms with Crippen LogP contribution in [0.4, 0.5) is 16.0 Å². The van der Waals surface area contributed by atoms with E-state index < -0.39 is 6.04 Å². The van der Waals surface area contributed by atoms with Gasteiger partial charge in [-0.25, -0.2) is 14.4 Å². The average molecular weight is 490 g/mol. The lowest BCUT2D eigenvalue weighted by atomic mass is 9.85. The Morgan fingerprint density at radius 3 is 2.65 bits per heavy atom. The molecule has 1 aromatic heterocycles. The maximum atomic E-state index is 13.7. The van der Waals surface area contributed by atoms with Crippen LogP contribution in [-0.4, -0.2) is 20.5 Å². The number of amidine groups is 1. The fourth-order valence-electron chi connectivity index (χ4n) is 4.74.